The molecule has 0 fully saturated rings. The van der Waals surface area contributed by atoms with Gasteiger partial charge in [0.2, 0.25) is 0 Å². The third-order valence-corrected chi connectivity index (χ3v) is 4.24. The van der Waals surface area contributed by atoms with Crippen LogP contribution in [0.25, 0.3) is 0 Å². The minimum absolute atomic E-state index is 0.0305. The summed E-state index contributed by atoms with van der Waals surface area (Å²) in [5, 5.41) is 18.9. The quantitative estimate of drug-likeness (QED) is 0.352. The monoisotopic (exact) mass is 380 g/mol. The number of aliphatic hydroxyl groups excluding tert-OH is 1. The summed E-state index contributed by atoms with van der Waals surface area (Å²) in [7, 11) is 0. The zero-order chi connectivity index (χ0) is 19.9. The Labute approximate surface area is 161 Å². The van der Waals surface area contributed by atoms with Crippen LogP contribution in [-0.4, -0.2) is 48.1 Å². The number of aliphatic hydroxyl groups is 1. The SMILES string of the molecule is CCCCCCCCCCOCC(O)COC(=O)c1ccccc1C(=O)O. The number of rotatable bonds is 15. The summed E-state index contributed by atoms with van der Waals surface area (Å²) >= 11 is 0. The average molecular weight is 380 g/mol. The van der Waals surface area contributed by atoms with Gasteiger partial charge in [-0.05, 0) is 18.6 Å². The molecule has 0 spiro atoms. The largest absolute Gasteiger partial charge is 0.478 e. The molecule has 2 N–H and O–H groups in total. The molecule has 0 bridgehead atoms. The van der Waals surface area contributed by atoms with Crippen molar-refractivity contribution in [2.24, 2.45) is 0 Å². The molecule has 1 aromatic carbocycles. The first-order chi connectivity index (χ1) is 13.1. The summed E-state index contributed by atoms with van der Waals surface area (Å²) in [6.07, 6.45) is 8.78. The molecule has 1 atom stereocenters. The van der Waals surface area contributed by atoms with Crippen LogP contribution in [0, 0.1) is 0 Å². The van der Waals surface area contributed by atoms with Crippen LogP contribution in [0.2, 0.25) is 0 Å². The molecule has 152 valence electrons. The lowest BCUT2D eigenvalue weighted by Gasteiger charge is -2.12. The molecule has 0 aliphatic carbocycles. The molecule has 0 aliphatic heterocycles. The van der Waals surface area contributed by atoms with Gasteiger partial charge in [0.05, 0.1) is 17.7 Å². The van der Waals surface area contributed by atoms with Gasteiger partial charge in [0.1, 0.15) is 12.7 Å². The molecular weight excluding hydrogens is 348 g/mol. The number of aromatic carboxylic acids is 1. The highest BCUT2D eigenvalue weighted by atomic mass is 16.5. The number of carbonyl (C=O) groups is 2. The van der Waals surface area contributed by atoms with Crippen molar-refractivity contribution in [2.45, 2.75) is 64.4 Å². The maximum Gasteiger partial charge on any atom is 0.339 e. The molecule has 6 nitrogen and oxygen atoms in total. The van der Waals surface area contributed by atoms with Gasteiger partial charge < -0.3 is 19.7 Å². The second-order valence-corrected chi connectivity index (χ2v) is 6.65. The maximum atomic E-state index is 12.0. The first-order valence-electron chi connectivity index (χ1n) is 9.81. The van der Waals surface area contributed by atoms with Crippen LogP contribution in [0.15, 0.2) is 24.3 Å². The second-order valence-electron chi connectivity index (χ2n) is 6.65. The number of unbranched alkanes of at least 4 members (excludes halogenated alkanes) is 7. The number of hydrogen-bond acceptors (Lipinski definition) is 5. The average Bonchev–Trinajstić information content (AvgIpc) is 2.67. The minimum Gasteiger partial charge on any atom is -0.478 e. The number of carboxylic acid groups (broad SMARTS) is 1. The van der Waals surface area contributed by atoms with Crippen molar-refractivity contribution in [2.75, 3.05) is 19.8 Å². The van der Waals surface area contributed by atoms with E-state index in [9.17, 15) is 14.7 Å². The minimum atomic E-state index is -1.20. The van der Waals surface area contributed by atoms with E-state index in [1.807, 2.05) is 0 Å². The molecule has 0 aromatic heterocycles. The molecule has 1 rings (SSSR count). The van der Waals surface area contributed by atoms with Crippen molar-refractivity contribution in [3.8, 4) is 0 Å². The number of esters is 1. The summed E-state index contributed by atoms with van der Waals surface area (Å²) in [6, 6.07) is 5.82. The van der Waals surface area contributed by atoms with Gasteiger partial charge in [-0.2, -0.15) is 0 Å². The third-order valence-electron chi connectivity index (χ3n) is 4.24. The smallest absolute Gasteiger partial charge is 0.339 e. The van der Waals surface area contributed by atoms with E-state index in [1.165, 1.54) is 56.7 Å². The summed E-state index contributed by atoms with van der Waals surface area (Å²) in [5.41, 5.74) is -0.153. The number of carbonyl (C=O) groups excluding carboxylic acids is 1. The maximum absolute atomic E-state index is 12.0. The summed E-state index contributed by atoms with van der Waals surface area (Å²) in [4.78, 5) is 23.1. The second kappa shape index (κ2) is 14.2. The molecule has 0 amide bonds. The van der Waals surface area contributed by atoms with Crippen molar-refractivity contribution in [3.63, 3.8) is 0 Å². The molecule has 27 heavy (non-hydrogen) atoms. The summed E-state index contributed by atoms with van der Waals surface area (Å²) in [6.45, 7) is 2.64. The number of carboxylic acids is 1. The molecule has 0 radical (unpaired) electrons. The standard InChI is InChI=1S/C21H32O6/c1-2-3-4-5-6-7-8-11-14-26-15-17(22)16-27-21(25)19-13-10-9-12-18(19)20(23)24/h9-10,12-13,17,22H,2-8,11,14-16H2,1H3,(H,23,24). The van der Waals surface area contributed by atoms with Crippen molar-refractivity contribution < 1.29 is 29.3 Å². The molecule has 6 heteroatoms. The van der Waals surface area contributed by atoms with Crippen LogP contribution in [0.1, 0.15) is 79.0 Å². The fourth-order valence-corrected chi connectivity index (χ4v) is 2.70. The zero-order valence-corrected chi connectivity index (χ0v) is 16.2. The van der Waals surface area contributed by atoms with Gasteiger partial charge in [0.25, 0.3) is 0 Å². The van der Waals surface area contributed by atoms with E-state index in [0.717, 1.165) is 12.8 Å². The first kappa shape index (κ1) is 23.1. The van der Waals surface area contributed by atoms with E-state index >= 15 is 0 Å². The van der Waals surface area contributed by atoms with Gasteiger partial charge in [-0.1, -0.05) is 64.0 Å². The van der Waals surface area contributed by atoms with Gasteiger partial charge in [-0.25, -0.2) is 9.59 Å². The predicted octanol–water partition coefficient (Wildman–Crippen LogP) is 4.06. The van der Waals surface area contributed by atoms with Crippen molar-refractivity contribution in [3.05, 3.63) is 35.4 Å². The van der Waals surface area contributed by atoms with E-state index in [-0.39, 0.29) is 24.3 Å². The van der Waals surface area contributed by atoms with E-state index in [1.54, 1.807) is 6.07 Å². The molecule has 0 heterocycles. The number of ether oxygens (including phenoxy) is 2. The van der Waals surface area contributed by atoms with E-state index in [2.05, 4.69) is 6.92 Å². The Bertz CT molecular complexity index is 557. The highest BCUT2D eigenvalue weighted by Crippen LogP contribution is 2.11. The van der Waals surface area contributed by atoms with Gasteiger partial charge in [-0.3, -0.25) is 0 Å². The normalized spacial score (nSPS) is 11.9. The van der Waals surface area contributed by atoms with Crippen LogP contribution in [-0.2, 0) is 9.47 Å². The lowest BCUT2D eigenvalue weighted by Crippen LogP contribution is -2.24. The van der Waals surface area contributed by atoms with E-state index in [0.29, 0.717) is 6.61 Å². The molecule has 1 aromatic rings. The Morgan fingerprint density at radius 1 is 0.926 bits per heavy atom. The van der Waals surface area contributed by atoms with E-state index < -0.39 is 18.0 Å². The van der Waals surface area contributed by atoms with Crippen LogP contribution in [0.5, 0.6) is 0 Å². The Kier molecular flexibility index (Phi) is 12.1. The molecule has 1 unspecified atom stereocenters. The third kappa shape index (κ3) is 10.1. The molecular formula is C21H32O6. The lowest BCUT2D eigenvalue weighted by atomic mass is 10.1. The highest BCUT2D eigenvalue weighted by molar-refractivity contribution is 6.02. The lowest BCUT2D eigenvalue weighted by molar-refractivity contribution is -0.0115. The van der Waals surface area contributed by atoms with Crippen LogP contribution in [0.3, 0.4) is 0 Å². The molecule has 0 saturated carbocycles. The summed E-state index contributed by atoms with van der Waals surface area (Å²) < 4.78 is 10.4. The van der Waals surface area contributed by atoms with Gasteiger partial charge in [0, 0.05) is 6.61 Å². The zero-order valence-electron chi connectivity index (χ0n) is 16.2. The fraction of sp³-hybridized carbons (Fsp3) is 0.619. The highest BCUT2D eigenvalue weighted by Gasteiger charge is 2.18. The molecule has 0 aliphatic rings. The van der Waals surface area contributed by atoms with Crippen LogP contribution in [0.4, 0.5) is 0 Å². The topological polar surface area (TPSA) is 93.1 Å². The van der Waals surface area contributed by atoms with Gasteiger partial charge in [0.15, 0.2) is 0 Å². The molecule has 0 saturated heterocycles. The van der Waals surface area contributed by atoms with Crippen LogP contribution < -0.4 is 0 Å². The van der Waals surface area contributed by atoms with Gasteiger partial charge in [-0.15, -0.1) is 0 Å². The van der Waals surface area contributed by atoms with Crippen LogP contribution >= 0.6 is 0 Å². The van der Waals surface area contributed by atoms with E-state index in [4.69, 9.17) is 14.6 Å². The number of benzene rings is 1. The predicted molar refractivity (Wildman–Crippen MR) is 103 cm³/mol. The Hall–Kier alpha value is -1.92. The fourth-order valence-electron chi connectivity index (χ4n) is 2.70. The first-order valence-corrected chi connectivity index (χ1v) is 9.81. The number of hydrogen-bond donors (Lipinski definition) is 2. The Balaban J connectivity index is 2.11. The van der Waals surface area contributed by atoms with Crippen molar-refractivity contribution >= 4 is 11.9 Å². The van der Waals surface area contributed by atoms with Gasteiger partial charge >= 0.3 is 11.9 Å². The van der Waals surface area contributed by atoms with Crippen molar-refractivity contribution in [1.29, 1.82) is 0 Å². The summed E-state index contributed by atoms with van der Waals surface area (Å²) in [5.74, 6) is -1.97. The van der Waals surface area contributed by atoms with Crippen molar-refractivity contribution in [1.82, 2.24) is 0 Å². The Morgan fingerprint density at radius 2 is 1.52 bits per heavy atom. The Morgan fingerprint density at radius 3 is 2.15 bits per heavy atom.